The number of benzene rings is 1. The fraction of sp³-hybridized carbons (Fsp3) is 0.333. The Morgan fingerprint density at radius 2 is 1.71 bits per heavy atom. The first-order valence-electron chi connectivity index (χ1n) is 4.25. The second-order valence-corrected chi connectivity index (χ2v) is 6.25. The highest BCUT2D eigenvalue weighted by Crippen LogP contribution is 2.41. The molecule has 0 unspecified atom stereocenters. The maximum Gasteiger partial charge on any atom is 0.196 e. The third kappa shape index (κ3) is 1.43. The van der Waals surface area contributed by atoms with Crippen LogP contribution in [0.2, 0.25) is 5.02 Å². The lowest BCUT2D eigenvalue weighted by Gasteiger charge is -2.10. The Bertz CT molecular complexity index is 448. The second-order valence-electron chi connectivity index (χ2n) is 3.52. The lowest BCUT2D eigenvalue weighted by Crippen LogP contribution is -2.32. The summed E-state index contributed by atoms with van der Waals surface area (Å²) in [7, 11) is -3.36. The maximum atomic E-state index is 11.9. The van der Waals surface area contributed by atoms with Gasteiger partial charge in [-0.1, -0.05) is 11.6 Å². The van der Waals surface area contributed by atoms with Gasteiger partial charge in [0.1, 0.15) is 4.87 Å². The number of halogens is 1. The summed E-state index contributed by atoms with van der Waals surface area (Å²) in [5.74, 6) is 0. The molecule has 2 rings (SSSR count). The average molecular weight is 232 g/mol. The van der Waals surface area contributed by atoms with Gasteiger partial charge in [-0.15, -0.1) is 0 Å². The molecule has 1 aliphatic carbocycles. The van der Waals surface area contributed by atoms with Gasteiger partial charge in [-0.25, -0.2) is 8.42 Å². The summed E-state index contributed by atoms with van der Waals surface area (Å²) in [6, 6.07) is 6.09. The SMILES string of the molecule is NC1(S(=O)(=O)c2ccc(Cl)cc2)CC1. The van der Waals surface area contributed by atoms with E-state index in [1.807, 2.05) is 0 Å². The molecule has 0 heterocycles. The van der Waals surface area contributed by atoms with E-state index in [4.69, 9.17) is 17.3 Å². The van der Waals surface area contributed by atoms with Crippen LogP contribution in [0.25, 0.3) is 0 Å². The van der Waals surface area contributed by atoms with Gasteiger partial charge < -0.3 is 5.73 Å². The summed E-state index contributed by atoms with van der Waals surface area (Å²) in [5.41, 5.74) is 5.67. The van der Waals surface area contributed by atoms with E-state index in [-0.39, 0.29) is 4.90 Å². The van der Waals surface area contributed by atoms with Gasteiger partial charge in [-0.2, -0.15) is 0 Å². The highest BCUT2D eigenvalue weighted by molar-refractivity contribution is 7.93. The molecule has 2 N–H and O–H groups in total. The van der Waals surface area contributed by atoms with Gasteiger partial charge >= 0.3 is 0 Å². The van der Waals surface area contributed by atoms with Gasteiger partial charge in [0, 0.05) is 5.02 Å². The molecule has 0 saturated heterocycles. The van der Waals surface area contributed by atoms with Crippen LogP contribution in [0.1, 0.15) is 12.8 Å². The molecule has 1 saturated carbocycles. The van der Waals surface area contributed by atoms with Crippen molar-refractivity contribution < 1.29 is 8.42 Å². The van der Waals surface area contributed by atoms with Crippen molar-refractivity contribution >= 4 is 21.4 Å². The molecule has 0 bridgehead atoms. The van der Waals surface area contributed by atoms with Crippen molar-refractivity contribution in [2.24, 2.45) is 5.73 Å². The molecule has 14 heavy (non-hydrogen) atoms. The van der Waals surface area contributed by atoms with Crippen molar-refractivity contribution in [1.29, 1.82) is 0 Å². The van der Waals surface area contributed by atoms with E-state index >= 15 is 0 Å². The van der Waals surface area contributed by atoms with E-state index in [1.165, 1.54) is 12.1 Å². The topological polar surface area (TPSA) is 60.2 Å². The average Bonchev–Trinajstić information content (AvgIpc) is 2.86. The molecule has 1 aliphatic rings. The zero-order valence-corrected chi connectivity index (χ0v) is 8.98. The normalized spacial score (nSPS) is 19.3. The third-order valence-corrected chi connectivity index (χ3v) is 5.03. The highest BCUT2D eigenvalue weighted by Gasteiger charge is 2.51. The van der Waals surface area contributed by atoms with Crippen LogP contribution < -0.4 is 5.73 Å². The smallest absolute Gasteiger partial charge is 0.196 e. The predicted octanol–water partition coefficient (Wildman–Crippen LogP) is 1.56. The minimum atomic E-state index is -3.36. The quantitative estimate of drug-likeness (QED) is 0.841. The van der Waals surface area contributed by atoms with Gasteiger partial charge in [0.2, 0.25) is 0 Å². The van der Waals surface area contributed by atoms with E-state index in [0.717, 1.165) is 0 Å². The Morgan fingerprint density at radius 3 is 2.14 bits per heavy atom. The van der Waals surface area contributed by atoms with Crippen molar-refractivity contribution in [2.75, 3.05) is 0 Å². The van der Waals surface area contributed by atoms with Crippen LogP contribution in [0.5, 0.6) is 0 Å². The van der Waals surface area contributed by atoms with Crippen molar-refractivity contribution in [3.8, 4) is 0 Å². The van der Waals surface area contributed by atoms with E-state index in [1.54, 1.807) is 12.1 Å². The lowest BCUT2D eigenvalue weighted by molar-refractivity contribution is 0.579. The minimum absolute atomic E-state index is 0.252. The Hall–Kier alpha value is -0.580. The largest absolute Gasteiger partial charge is 0.312 e. The van der Waals surface area contributed by atoms with Crippen molar-refractivity contribution in [3.05, 3.63) is 29.3 Å². The van der Waals surface area contributed by atoms with E-state index < -0.39 is 14.7 Å². The molecule has 0 radical (unpaired) electrons. The number of hydrogen-bond acceptors (Lipinski definition) is 3. The van der Waals surface area contributed by atoms with Crippen LogP contribution in [0.3, 0.4) is 0 Å². The summed E-state index contributed by atoms with van der Waals surface area (Å²) < 4.78 is 23.7. The molecular formula is C9H10ClNO2S. The zero-order chi connectivity index (χ0) is 10.4. The van der Waals surface area contributed by atoms with E-state index in [2.05, 4.69) is 0 Å². The maximum absolute atomic E-state index is 11.9. The van der Waals surface area contributed by atoms with Gasteiger partial charge in [0.05, 0.1) is 4.90 Å². The first-order valence-corrected chi connectivity index (χ1v) is 6.11. The van der Waals surface area contributed by atoms with Gasteiger partial charge in [-0.3, -0.25) is 0 Å². The van der Waals surface area contributed by atoms with Crippen LogP contribution in [0.15, 0.2) is 29.2 Å². The van der Waals surface area contributed by atoms with Crippen LogP contribution in [0, 0.1) is 0 Å². The molecule has 0 aliphatic heterocycles. The van der Waals surface area contributed by atoms with E-state index in [9.17, 15) is 8.42 Å². The van der Waals surface area contributed by atoms with Crippen LogP contribution in [0.4, 0.5) is 0 Å². The third-order valence-electron chi connectivity index (χ3n) is 2.40. The van der Waals surface area contributed by atoms with Gasteiger partial charge in [0.25, 0.3) is 0 Å². The molecular weight excluding hydrogens is 222 g/mol. The first kappa shape index (κ1) is 9.96. The summed E-state index contributed by atoms with van der Waals surface area (Å²) >= 11 is 5.67. The predicted molar refractivity (Wildman–Crippen MR) is 54.8 cm³/mol. The van der Waals surface area contributed by atoms with Crippen molar-refractivity contribution in [2.45, 2.75) is 22.6 Å². The number of rotatable bonds is 2. The Labute approximate surface area is 87.8 Å². The minimum Gasteiger partial charge on any atom is -0.312 e. The fourth-order valence-electron chi connectivity index (χ4n) is 1.24. The molecule has 0 aromatic heterocycles. The van der Waals surface area contributed by atoms with Crippen molar-refractivity contribution in [1.82, 2.24) is 0 Å². The van der Waals surface area contributed by atoms with Gasteiger partial charge in [-0.05, 0) is 37.1 Å². The lowest BCUT2D eigenvalue weighted by atomic mass is 10.4. The molecule has 0 atom stereocenters. The molecule has 5 heteroatoms. The molecule has 76 valence electrons. The molecule has 1 aromatic carbocycles. The molecule has 0 spiro atoms. The van der Waals surface area contributed by atoms with Crippen LogP contribution in [-0.2, 0) is 9.84 Å². The second kappa shape index (κ2) is 2.95. The van der Waals surface area contributed by atoms with Gasteiger partial charge in [0.15, 0.2) is 9.84 Å². The standard InChI is InChI=1S/C9H10ClNO2S/c10-7-1-3-8(4-2-7)14(12,13)9(11)5-6-9/h1-4H,5-6,11H2. The summed E-state index contributed by atoms with van der Waals surface area (Å²) in [6.07, 6.45) is 1.08. The molecule has 0 amide bonds. The van der Waals surface area contributed by atoms with Crippen LogP contribution in [-0.4, -0.2) is 13.3 Å². The Kier molecular flexibility index (Phi) is 2.10. The highest BCUT2D eigenvalue weighted by atomic mass is 35.5. The summed E-state index contributed by atoms with van der Waals surface area (Å²) in [4.78, 5) is -0.775. The monoisotopic (exact) mass is 231 g/mol. The summed E-state index contributed by atoms with van der Waals surface area (Å²) in [5, 5.41) is 0.519. The molecule has 1 aromatic rings. The molecule has 1 fully saturated rings. The summed E-state index contributed by atoms with van der Waals surface area (Å²) in [6.45, 7) is 0. The first-order chi connectivity index (χ1) is 6.46. The Balaban J connectivity index is 2.45. The number of nitrogens with two attached hydrogens (primary N) is 1. The zero-order valence-electron chi connectivity index (χ0n) is 7.40. The number of hydrogen-bond donors (Lipinski definition) is 1. The van der Waals surface area contributed by atoms with Crippen LogP contribution >= 0.6 is 11.6 Å². The van der Waals surface area contributed by atoms with Crippen molar-refractivity contribution in [3.63, 3.8) is 0 Å². The Morgan fingerprint density at radius 1 is 1.21 bits per heavy atom. The molecule has 3 nitrogen and oxygen atoms in total. The number of sulfone groups is 1. The fourth-order valence-corrected chi connectivity index (χ4v) is 2.97. The van der Waals surface area contributed by atoms with E-state index in [0.29, 0.717) is 17.9 Å².